The first-order valence-corrected chi connectivity index (χ1v) is 7.66. The van der Waals surface area contributed by atoms with Gasteiger partial charge in [0.25, 0.3) is 0 Å². The van der Waals surface area contributed by atoms with E-state index in [4.69, 9.17) is 4.74 Å². The average Bonchev–Trinajstić information content (AvgIpc) is 2.98. The molecule has 0 amide bonds. The van der Waals surface area contributed by atoms with Crippen LogP contribution >= 0.6 is 0 Å². The van der Waals surface area contributed by atoms with E-state index in [-0.39, 0.29) is 12.6 Å². The number of halogens is 3. The molecule has 2 rings (SSSR count). The van der Waals surface area contributed by atoms with Gasteiger partial charge in [0.2, 0.25) is 0 Å². The summed E-state index contributed by atoms with van der Waals surface area (Å²) >= 11 is 0. The van der Waals surface area contributed by atoms with E-state index in [1.165, 1.54) is 12.1 Å². The highest BCUT2D eigenvalue weighted by atomic mass is 19.4. The Morgan fingerprint density at radius 1 is 1.27 bits per heavy atom. The zero-order chi connectivity index (χ0) is 16.2. The minimum Gasteiger partial charge on any atom is -0.494 e. The number of nitrogens with zero attached hydrogens (tertiary/aromatic N) is 1. The molecule has 1 fully saturated rings. The summed E-state index contributed by atoms with van der Waals surface area (Å²) in [5, 5.41) is 9.32. The van der Waals surface area contributed by atoms with E-state index in [0.717, 1.165) is 32.0 Å². The van der Waals surface area contributed by atoms with Crippen molar-refractivity contribution in [2.75, 3.05) is 26.3 Å². The van der Waals surface area contributed by atoms with Gasteiger partial charge in [-0.05, 0) is 57.5 Å². The summed E-state index contributed by atoms with van der Waals surface area (Å²) in [6.45, 7) is 3.81. The van der Waals surface area contributed by atoms with Crippen LogP contribution in [0.4, 0.5) is 13.2 Å². The zero-order valence-corrected chi connectivity index (χ0v) is 12.7. The fourth-order valence-electron chi connectivity index (χ4n) is 2.98. The highest BCUT2D eigenvalue weighted by molar-refractivity contribution is 5.40. The Labute approximate surface area is 128 Å². The normalized spacial score (nSPS) is 17.7. The molecule has 1 saturated heterocycles. The monoisotopic (exact) mass is 317 g/mol. The summed E-state index contributed by atoms with van der Waals surface area (Å²) in [6, 6.07) is 3.37. The highest BCUT2D eigenvalue weighted by Crippen LogP contribution is 2.38. The van der Waals surface area contributed by atoms with E-state index in [9.17, 15) is 18.3 Å². The van der Waals surface area contributed by atoms with E-state index in [2.05, 4.69) is 4.90 Å². The first-order chi connectivity index (χ1) is 10.5. The Bertz CT molecular complexity index is 485. The van der Waals surface area contributed by atoms with Gasteiger partial charge in [0.15, 0.2) is 0 Å². The van der Waals surface area contributed by atoms with Gasteiger partial charge in [-0.3, -0.25) is 4.90 Å². The van der Waals surface area contributed by atoms with Gasteiger partial charge in [0.05, 0.1) is 12.2 Å². The minimum absolute atomic E-state index is 0.0665. The van der Waals surface area contributed by atoms with Crippen LogP contribution < -0.4 is 4.74 Å². The molecule has 1 aromatic rings. The number of aliphatic hydroxyl groups is 1. The molecule has 0 aliphatic carbocycles. The number of likely N-dealkylation sites (tertiary alicyclic amines) is 1. The fourth-order valence-corrected chi connectivity index (χ4v) is 2.98. The molecule has 0 bridgehead atoms. The average molecular weight is 317 g/mol. The number of alkyl halides is 3. The quantitative estimate of drug-likeness (QED) is 0.870. The second-order valence-corrected chi connectivity index (χ2v) is 5.45. The fraction of sp³-hybridized carbons (Fsp3) is 0.625. The summed E-state index contributed by atoms with van der Waals surface area (Å²) < 4.78 is 44.5. The number of hydrogen-bond donors (Lipinski definition) is 1. The molecule has 1 aliphatic rings. The molecular formula is C16H22F3NO2. The number of rotatable bonds is 6. The van der Waals surface area contributed by atoms with Crippen molar-refractivity contribution in [2.24, 2.45) is 0 Å². The zero-order valence-electron chi connectivity index (χ0n) is 12.7. The van der Waals surface area contributed by atoms with Gasteiger partial charge in [-0.2, -0.15) is 13.2 Å². The van der Waals surface area contributed by atoms with Crippen LogP contribution in [0.25, 0.3) is 0 Å². The molecule has 0 spiro atoms. The SMILES string of the molecule is CCOc1ccc(C(F)(F)F)cc1C(CCO)N1CCCC1. The molecular weight excluding hydrogens is 295 g/mol. The van der Waals surface area contributed by atoms with Gasteiger partial charge in [0, 0.05) is 18.2 Å². The topological polar surface area (TPSA) is 32.7 Å². The Hall–Kier alpha value is -1.27. The van der Waals surface area contributed by atoms with Crippen LogP contribution in [0.15, 0.2) is 18.2 Å². The molecule has 1 aromatic carbocycles. The molecule has 0 aromatic heterocycles. The van der Waals surface area contributed by atoms with E-state index < -0.39 is 11.7 Å². The van der Waals surface area contributed by atoms with Crippen LogP contribution in [0.3, 0.4) is 0 Å². The van der Waals surface area contributed by atoms with Crippen LogP contribution in [0, 0.1) is 0 Å². The molecule has 1 N–H and O–H groups in total. The van der Waals surface area contributed by atoms with E-state index >= 15 is 0 Å². The van der Waals surface area contributed by atoms with Crippen LogP contribution in [0.2, 0.25) is 0 Å². The summed E-state index contributed by atoms with van der Waals surface area (Å²) in [7, 11) is 0. The second kappa shape index (κ2) is 7.33. The van der Waals surface area contributed by atoms with Gasteiger partial charge in [0.1, 0.15) is 5.75 Å². The third kappa shape index (κ3) is 3.93. The van der Waals surface area contributed by atoms with E-state index in [1.54, 1.807) is 6.92 Å². The van der Waals surface area contributed by atoms with Crippen LogP contribution in [-0.4, -0.2) is 36.3 Å². The van der Waals surface area contributed by atoms with Crippen molar-refractivity contribution < 1.29 is 23.0 Å². The lowest BCUT2D eigenvalue weighted by Gasteiger charge is -2.29. The number of hydrogen-bond acceptors (Lipinski definition) is 3. The van der Waals surface area contributed by atoms with Crippen LogP contribution in [0.1, 0.15) is 43.4 Å². The summed E-state index contributed by atoms with van der Waals surface area (Å²) in [4.78, 5) is 2.13. The van der Waals surface area contributed by atoms with Crippen molar-refractivity contribution in [3.8, 4) is 5.75 Å². The number of ether oxygens (including phenoxy) is 1. The predicted octanol–water partition coefficient (Wildman–Crippen LogP) is 3.62. The third-order valence-corrected chi connectivity index (χ3v) is 3.98. The standard InChI is InChI=1S/C16H22F3NO2/c1-2-22-15-6-5-12(16(17,18)19)11-13(15)14(7-10-21)20-8-3-4-9-20/h5-6,11,14,21H,2-4,7-10H2,1H3. The molecule has 6 heteroatoms. The first kappa shape index (κ1) is 17.1. The van der Waals surface area contributed by atoms with Gasteiger partial charge in [-0.1, -0.05) is 0 Å². The summed E-state index contributed by atoms with van der Waals surface area (Å²) in [5.41, 5.74) is -0.152. The van der Waals surface area contributed by atoms with E-state index in [0.29, 0.717) is 24.3 Å². The van der Waals surface area contributed by atoms with Crippen molar-refractivity contribution in [3.05, 3.63) is 29.3 Å². The van der Waals surface area contributed by atoms with E-state index in [1.807, 2.05) is 0 Å². The molecule has 3 nitrogen and oxygen atoms in total. The van der Waals surface area contributed by atoms with Gasteiger partial charge < -0.3 is 9.84 Å². The molecule has 1 aliphatic heterocycles. The lowest BCUT2D eigenvalue weighted by atomic mass is 9.98. The van der Waals surface area contributed by atoms with Crippen LogP contribution in [-0.2, 0) is 6.18 Å². The van der Waals surface area contributed by atoms with Crippen molar-refractivity contribution in [1.82, 2.24) is 4.90 Å². The molecule has 0 radical (unpaired) electrons. The van der Waals surface area contributed by atoms with Crippen molar-refractivity contribution in [3.63, 3.8) is 0 Å². The Morgan fingerprint density at radius 3 is 2.50 bits per heavy atom. The van der Waals surface area contributed by atoms with Crippen molar-refractivity contribution in [2.45, 2.75) is 38.4 Å². The third-order valence-electron chi connectivity index (χ3n) is 3.98. The Balaban J connectivity index is 2.41. The maximum atomic E-state index is 13.0. The first-order valence-electron chi connectivity index (χ1n) is 7.66. The number of benzene rings is 1. The molecule has 22 heavy (non-hydrogen) atoms. The van der Waals surface area contributed by atoms with Gasteiger partial charge in [-0.25, -0.2) is 0 Å². The van der Waals surface area contributed by atoms with Crippen molar-refractivity contribution in [1.29, 1.82) is 0 Å². The Morgan fingerprint density at radius 2 is 1.95 bits per heavy atom. The largest absolute Gasteiger partial charge is 0.494 e. The summed E-state index contributed by atoms with van der Waals surface area (Å²) in [6.07, 6.45) is -1.91. The highest BCUT2D eigenvalue weighted by Gasteiger charge is 2.33. The molecule has 124 valence electrons. The maximum absolute atomic E-state index is 13.0. The lowest BCUT2D eigenvalue weighted by Crippen LogP contribution is -2.27. The molecule has 1 unspecified atom stereocenters. The maximum Gasteiger partial charge on any atom is 0.416 e. The predicted molar refractivity (Wildman–Crippen MR) is 77.9 cm³/mol. The molecule has 1 atom stereocenters. The second-order valence-electron chi connectivity index (χ2n) is 5.45. The lowest BCUT2D eigenvalue weighted by molar-refractivity contribution is -0.137. The van der Waals surface area contributed by atoms with Crippen LogP contribution in [0.5, 0.6) is 5.75 Å². The van der Waals surface area contributed by atoms with Gasteiger partial charge in [-0.15, -0.1) is 0 Å². The summed E-state index contributed by atoms with van der Waals surface area (Å²) in [5.74, 6) is 0.473. The number of aliphatic hydroxyl groups excluding tert-OH is 1. The smallest absolute Gasteiger partial charge is 0.416 e. The Kier molecular flexibility index (Phi) is 5.69. The minimum atomic E-state index is -4.38. The molecule has 1 heterocycles. The molecule has 0 saturated carbocycles. The van der Waals surface area contributed by atoms with Crippen molar-refractivity contribution >= 4 is 0 Å². The van der Waals surface area contributed by atoms with Gasteiger partial charge >= 0.3 is 6.18 Å².